The van der Waals surface area contributed by atoms with E-state index in [1.165, 1.54) is 32.1 Å². The molecule has 0 radical (unpaired) electrons. The molecule has 1 unspecified atom stereocenters. The third-order valence-corrected chi connectivity index (χ3v) is 5.80. The maximum absolute atomic E-state index is 6.49. The van der Waals surface area contributed by atoms with Crippen molar-refractivity contribution in [3.8, 4) is 23.4 Å². The molecule has 1 aliphatic heterocycles. The van der Waals surface area contributed by atoms with E-state index in [-0.39, 0.29) is 6.23 Å². The van der Waals surface area contributed by atoms with Crippen LogP contribution in [-0.4, -0.2) is 26.1 Å². The predicted octanol–water partition coefficient (Wildman–Crippen LogP) is 6.54. The van der Waals surface area contributed by atoms with Gasteiger partial charge < -0.3 is 9.15 Å². The first-order chi connectivity index (χ1) is 15.3. The Hall–Kier alpha value is -2.36. The van der Waals surface area contributed by atoms with Crippen molar-refractivity contribution in [3.63, 3.8) is 0 Å². The van der Waals surface area contributed by atoms with Crippen LogP contribution in [0.25, 0.3) is 22.7 Å². The molecule has 7 heteroatoms. The van der Waals surface area contributed by atoms with Gasteiger partial charge in [0.2, 0.25) is 5.82 Å². The third-order valence-electron chi connectivity index (χ3n) is 5.54. The van der Waals surface area contributed by atoms with Crippen molar-refractivity contribution in [2.45, 2.75) is 77.4 Å². The molecule has 1 atom stereocenters. The summed E-state index contributed by atoms with van der Waals surface area (Å²) in [6.45, 7) is 2.95. The van der Waals surface area contributed by atoms with Crippen LogP contribution in [0.15, 0.2) is 22.8 Å². The van der Waals surface area contributed by atoms with Gasteiger partial charge in [-0.25, -0.2) is 15.0 Å². The van der Waals surface area contributed by atoms with Crippen LogP contribution < -0.4 is 0 Å². The molecule has 0 aromatic carbocycles. The highest BCUT2D eigenvalue weighted by atomic mass is 35.5. The zero-order valence-corrected chi connectivity index (χ0v) is 18.8. The number of unbranched alkanes of at least 4 members (excludes halogenated alkanes) is 6. The Labute approximate surface area is 188 Å². The van der Waals surface area contributed by atoms with Gasteiger partial charge in [0, 0.05) is 13.0 Å². The van der Waals surface area contributed by atoms with Gasteiger partial charge in [-0.05, 0) is 43.7 Å². The summed E-state index contributed by atoms with van der Waals surface area (Å²) < 4.78 is 13.6. The van der Waals surface area contributed by atoms with Crippen LogP contribution in [0.5, 0.6) is 0 Å². The summed E-state index contributed by atoms with van der Waals surface area (Å²) in [6.07, 6.45) is 12.8. The smallest absolute Gasteiger partial charge is 0.208 e. The van der Waals surface area contributed by atoms with Crippen LogP contribution in [0.4, 0.5) is 0 Å². The number of fused-ring (bicyclic) bond motifs is 1. The summed E-state index contributed by atoms with van der Waals surface area (Å²) in [6, 6.07) is 3.72. The molecule has 0 amide bonds. The number of halogens is 1. The van der Waals surface area contributed by atoms with Crippen molar-refractivity contribution in [1.29, 1.82) is 0 Å². The molecule has 1 fully saturated rings. The summed E-state index contributed by atoms with van der Waals surface area (Å²) in [5.41, 5.74) is 1.19. The molecule has 4 rings (SSSR count). The van der Waals surface area contributed by atoms with E-state index in [1.807, 2.05) is 16.7 Å². The number of ether oxygens (including phenoxy) is 1. The fraction of sp³-hybridized carbons (Fsp3) is 0.542. The van der Waals surface area contributed by atoms with E-state index in [9.17, 15) is 0 Å². The van der Waals surface area contributed by atoms with Gasteiger partial charge in [0.25, 0.3) is 0 Å². The lowest BCUT2D eigenvalue weighted by Crippen LogP contribution is -2.19. The number of aromatic nitrogens is 4. The van der Waals surface area contributed by atoms with E-state index in [0.29, 0.717) is 40.3 Å². The van der Waals surface area contributed by atoms with Crippen LogP contribution in [-0.2, 0) is 4.74 Å². The van der Waals surface area contributed by atoms with Gasteiger partial charge in [-0.2, -0.15) is 0 Å². The SMILES string of the molecule is CCCCCCCCC#Cc1nc(Cl)c2nc(-c3ccco3)n(C3CCCCO3)c2n1. The summed E-state index contributed by atoms with van der Waals surface area (Å²) in [5.74, 6) is 8.02. The van der Waals surface area contributed by atoms with Gasteiger partial charge in [0.15, 0.2) is 22.4 Å². The number of imidazole rings is 1. The minimum atomic E-state index is -0.159. The van der Waals surface area contributed by atoms with E-state index in [4.69, 9.17) is 30.7 Å². The number of hydrogen-bond donors (Lipinski definition) is 0. The van der Waals surface area contributed by atoms with Crippen LogP contribution >= 0.6 is 11.6 Å². The van der Waals surface area contributed by atoms with Crippen molar-refractivity contribution >= 4 is 22.8 Å². The minimum absolute atomic E-state index is 0.159. The highest BCUT2D eigenvalue weighted by molar-refractivity contribution is 6.33. The molecule has 0 N–H and O–H groups in total. The van der Waals surface area contributed by atoms with Gasteiger partial charge in [-0.1, -0.05) is 56.5 Å². The van der Waals surface area contributed by atoms with E-state index in [0.717, 1.165) is 32.1 Å². The first-order valence-electron chi connectivity index (χ1n) is 11.4. The van der Waals surface area contributed by atoms with E-state index in [1.54, 1.807) is 6.26 Å². The number of rotatable bonds is 8. The van der Waals surface area contributed by atoms with Crippen molar-refractivity contribution in [1.82, 2.24) is 19.5 Å². The lowest BCUT2D eigenvalue weighted by Gasteiger charge is -2.25. The van der Waals surface area contributed by atoms with Crippen LogP contribution in [0.3, 0.4) is 0 Å². The fourth-order valence-electron chi connectivity index (χ4n) is 3.91. The summed E-state index contributed by atoms with van der Waals surface area (Å²) in [4.78, 5) is 13.8. The Bertz CT molecular complexity index is 1040. The highest BCUT2D eigenvalue weighted by Crippen LogP contribution is 2.34. The Kier molecular flexibility index (Phi) is 7.61. The van der Waals surface area contributed by atoms with Crippen molar-refractivity contribution in [3.05, 3.63) is 29.4 Å². The molecule has 6 nitrogen and oxygen atoms in total. The van der Waals surface area contributed by atoms with Gasteiger partial charge in [-0.3, -0.25) is 4.57 Å². The molecule has 164 valence electrons. The highest BCUT2D eigenvalue weighted by Gasteiger charge is 2.26. The topological polar surface area (TPSA) is 66.0 Å². The molecule has 3 aromatic heterocycles. The normalized spacial score (nSPS) is 16.4. The first-order valence-corrected chi connectivity index (χ1v) is 11.8. The number of nitrogens with zero attached hydrogens (tertiary/aromatic N) is 4. The number of furan rings is 1. The van der Waals surface area contributed by atoms with Crippen LogP contribution in [0.2, 0.25) is 5.15 Å². The van der Waals surface area contributed by atoms with Crippen LogP contribution in [0, 0.1) is 11.8 Å². The molecule has 0 spiro atoms. The average Bonchev–Trinajstić information content (AvgIpc) is 3.44. The maximum atomic E-state index is 6.49. The molecule has 4 heterocycles. The van der Waals surface area contributed by atoms with E-state index >= 15 is 0 Å². The zero-order chi connectivity index (χ0) is 21.5. The van der Waals surface area contributed by atoms with Gasteiger partial charge in [0.1, 0.15) is 11.7 Å². The molecule has 0 saturated carbocycles. The zero-order valence-electron chi connectivity index (χ0n) is 18.1. The summed E-state index contributed by atoms with van der Waals surface area (Å²) in [5, 5.41) is 0.302. The van der Waals surface area contributed by atoms with Gasteiger partial charge in [-0.15, -0.1) is 0 Å². The first kappa shape index (κ1) is 21.9. The second-order valence-corrected chi connectivity index (χ2v) is 8.29. The molecule has 1 aliphatic rings. The predicted molar refractivity (Wildman–Crippen MR) is 122 cm³/mol. The largest absolute Gasteiger partial charge is 0.461 e. The Morgan fingerprint density at radius 1 is 1.13 bits per heavy atom. The summed E-state index contributed by atoms with van der Waals surface area (Å²) in [7, 11) is 0. The van der Waals surface area contributed by atoms with Gasteiger partial charge in [0.05, 0.1) is 6.26 Å². The Morgan fingerprint density at radius 2 is 2.00 bits per heavy atom. The van der Waals surface area contributed by atoms with E-state index < -0.39 is 0 Å². The maximum Gasteiger partial charge on any atom is 0.208 e. The van der Waals surface area contributed by atoms with Crippen molar-refractivity contribution in [2.24, 2.45) is 0 Å². The molecule has 0 bridgehead atoms. The van der Waals surface area contributed by atoms with Crippen LogP contribution in [0.1, 0.15) is 83.2 Å². The third kappa shape index (κ3) is 5.28. The van der Waals surface area contributed by atoms with Crippen molar-refractivity contribution in [2.75, 3.05) is 6.61 Å². The molecular formula is C24H29ClN4O2. The molecule has 31 heavy (non-hydrogen) atoms. The standard InChI is InChI=1S/C24H29ClN4O2/c1-2-3-4-5-6-7-8-9-14-19-26-22(25)21-24(27-19)29(20-15-10-11-16-31-20)23(28-21)18-13-12-17-30-18/h12-13,17,20H,2-8,10-11,15-16H2,1H3. The van der Waals surface area contributed by atoms with E-state index in [2.05, 4.69) is 23.7 Å². The monoisotopic (exact) mass is 440 g/mol. The second-order valence-electron chi connectivity index (χ2n) is 7.93. The quantitative estimate of drug-likeness (QED) is 0.226. The fourth-order valence-corrected chi connectivity index (χ4v) is 4.12. The minimum Gasteiger partial charge on any atom is -0.461 e. The molecular weight excluding hydrogens is 412 g/mol. The van der Waals surface area contributed by atoms with Gasteiger partial charge >= 0.3 is 0 Å². The molecule has 1 saturated heterocycles. The summed E-state index contributed by atoms with van der Waals surface area (Å²) >= 11 is 6.49. The van der Waals surface area contributed by atoms with Crippen molar-refractivity contribution < 1.29 is 9.15 Å². The lowest BCUT2D eigenvalue weighted by molar-refractivity contribution is -0.0289. The lowest BCUT2D eigenvalue weighted by atomic mass is 10.1. The number of hydrogen-bond acceptors (Lipinski definition) is 5. The Morgan fingerprint density at radius 3 is 2.77 bits per heavy atom. The average molecular weight is 441 g/mol. The molecule has 0 aliphatic carbocycles. The second kappa shape index (κ2) is 10.8. The molecule has 3 aromatic rings. The Balaban J connectivity index is 1.59.